The third kappa shape index (κ3) is 3.42. The Morgan fingerprint density at radius 1 is 1.17 bits per heavy atom. The summed E-state index contributed by atoms with van der Waals surface area (Å²) in [7, 11) is 1.56. The summed E-state index contributed by atoms with van der Waals surface area (Å²) in [6, 6.07) is 5.04. The molecular weight excluding hydrogens is 324 g/mol. The summed E-state index contributed by atoms with van der Waals surface area (Å²) < 4.78 is 52.4. The maximum atomic E-state index is 14.5. The van der Waals surface area contributed by atoms with E-state index in [0.29, 0.717) is 12.1 Å². The van der Waals surface area contributed by atoms with Crippen molar-refractivity contribution in [1.29, 1.82) is 0 Å². The van der Waals surface area contributed by atoms with E-state index >= 15 is 0 Å². The Morgan fingerprint density at radius 2 is 1.83 bits per heavy atom. The van der Waals surface area contributed by atoms with E-state index in [1.807, 2.05) is 0 Å². The summed E-state index contributed by atoms with van der Waals surface area (Å²) in [5, 5.41) is 2.66. The molecule has 24 heavy (non-hydrogen) atoms. The zero-order valence-electron chi connectivity index (χ0n) is 12.9. The summed E-state index contributed by atoms with van der Waals surface area (Å²) >= 11 is 0. The smallest absolute Gasteiger partial charge is 0.371 e. The van der Waals surface area contributed by atoms with Crippen LogP contribution in [-0.2, 0) is 12.7 Å². The molecule has 0 unspecified atom stereocenters. The molecule has 8 heteroatoms. The largest absolute Gasteiger partial charge is 0.416 e. The molecule has 0 spiro atoms. The van der Waals surface area contributed by atoms with Crippen molar-refractivity contribution >= 4 is 11.6 Å². The summed E-state index contributed by atoms with van der Waals surface area (Å²) in [4.78, 5) is 9.62. The van der Waals surface area contributed by atoms with Gasteiger partial charge in [-0.3, -0.25) is 0 Å². The number of alkyl halides is 3. The third-order valence-corrected chi connectivity index (χ3v) is 3.90. The number of nitrogens with zero attached hydrogens (tertiary/aromatic N) is 3. The number of anilines is 2. The minimum Gasteiger partial charge on any atom is -0.371 e. The molecule has 1 N–H and O–H groups in total. The maximum Gasteiger partial charge on any atom is 0.416 e. The number of halogens is 4. The summed E-state index contributed by atoms with van der Waals surface area (Å²) in [5.41, 5.74) is -0.0335. The second kappa shape index (κ2) is 6.26. The molecule has 4 nitrogen and oxygen atoms in total. The highest BCUT2D eigenvalue weighted by Gasteiger charge is 2.33. The van der Waals surface area contributed by atoms with E-state index in [1.54, 1.807) is 11.9 Å². The monoisotopic (exact) mass is 340 g/mol. The van der Waals surface area contributed by atoms with Crippen molar-refractivity contribution in [3.8, 4) is 0 Å². The minimum absolute atomic E-state index is 0.0954. The number of rotatable bonds is 5. The van der Waals surface area contributed by atoms with Gasteiger partial charge in [-0.2, -0.15) is 17.6 Å². The Morgan fingerprint density at radius 3 is 2.38 bits per heavy atom. The molecule has 0 saturated heterocycles. The van der Waals surface area contributed by atoms with E-state index in [0.717, 1.165) is 25.0 Å². The summed E-state index contributed by atoms with van der Waals surface area (Å²) in [6.45, 7) is 0.292. The van der Waals surface area contributed by atoms with E-state index in [-0.39, 0.29) is 17.7 Å². The molecule has 0 radical (unpaired) electrons. The molecule has 3 rings (SSSR count). The second-order valence-corrected chi connectivity index (χ2v) is 5.66. The molecule has 1 aliphatic rings. The highest BCUT2D eigenvalue weighted by molar-refractivity contribution is 5.52. The average Bonchev–Trinajstić information content (AvgIpc) is 3.38. The van der Waals surface area contributed by atoms with Crippen LogP contribution in [0.25, 0.3) is 0 Å². The van der Waals surface area contributed by atoms with Crippen molar-refractivity contribution in [1.82, 2.24) is 9.97 Å². The number of nitrogens with one attached hydrogen (secondary N) is 1. The molecular formula is C16H16F4N4. The molecule has 1 aliphatic carbocycles. The van der Waals surface area contributed by atoms with Gasteiger partial charge in [-0.05, 0) is 30.5 Å². The van der Waals surface area contributed by atoms with Gasteiger partial charge in [0, 0.05) is 19.6 Å². The van der Waals surface area contributed by atoms with Gasteiger partial charge in [0.15, 0.2) is 11.6 Å². The summed E-state index contributed by atoms with van der Waals surface area (Å²) in [6.07, 6.45) is -1.29. The maximum absolute atomic E-state index is 14.5. The van der Waals surface area contributed by atoms with Gasteiger partial charge in [-0.25, -0.2) is 9.97 Å². The normalized spacial score (nSPS) is 14.5. The topological polar surface area (TPSA) is 41.1 Å². The second-order valence-electron chi connectivity index (χ2n) is 5.66. The van der Waals surface area contributed by atoms with Crippen LogP contribution in [0.2, 0.25) is 0 Å². The van der Waals surface area contributed by atoms with Crippen LogP contribution in [0.3, 0.4) is 0 Å². The Hall–Kier alpha value is -2.38. The first-order valence-corrected chi connectivity index (χ1v) is 7.51. The average molecular weight is 340 g/mol. The van der Waals surface area contributed by atoms with Crippen molar-refractivity contribution in [2.45, 2.75) is 31.6 Å². The highest BCUT2D eigenvalue weighted by atomic mass is 19.4. The van der Waals surface area contributed by atoms with Gasteiger partial charge in [-0.15, -0.1) is 0 Å². The first-order valence-electron chi connectivity index (χ1n) is 7.51. The Labute approximate surface area is 136 Å². The number of aromatic nitrogens is 2. The minimum atomic E-state index is -4.37. The first-order chi connectivity index (χ1) is 11.4. The lowest BCUT2D eigenvalue weighted by molar-refractivity contribution is -0.137. The van der Waals surface area contributed by atoms with Gasteiger partial charge < -0.3 is 10.2 Å². The fourth-order valence-electron chi connectivity index (χ4n) is 2.49. The van der Waals surface area contributed by atoms with Crippen LogP contribution in [0, 0.1) is 5.82 Å². The molecule has 1 saturated carbocycles. The van der Waals surface area contributed by atoms with Crippen molar-refractivity contribution < 1.29 is 17.6 Å². The van der Waals surface area contributed by atoms with E-state index in [2.05, 4.69) is 15.3 Å². The standard InChI is InChI=1S/C16H16F4N4/c1-21-14-13(17)15(23-9-22-14)24(12-6-7-12)8-10-2-4-11(5-3-10)16(18,19)20/h2-5,9,12H,6-8H2,1H3,(H,21,22,23). The SMILES string of the molecule is CNc1ncnc(N(Cc2ccc(C(F)(F)F)cc2)C2CC2)c1F. The van der Waals surface area contributed by atoms with Gasteiger partial charge in [0.2, 0.25) is 5.82 Å². The van der Waals surface area contributed by atoms with E-state index in [1.165, 1.54) is 18.5 Å². The molecule has 1 heterocycles. The summed E-state index contributed by atoms with van der Waals surface area (Å²) in [5.74, 6) is -0.298. The van der Waals surface area contributed by atoms with E-state index in [9.17, 15) is 17.6 Å². The quantitative estimate of drug-likeness (QED) is 0.840. The van der Waals surface area contributed by atoms with Gasteiger partial charge >= 0.3 is 6.18 Å². The Kier molecular flexibility index (Phi) is 4.29. The van der Waals surface area contributed by atoms with Crippen molar-refractivity contribution in [3.05, 3.63) is 47.5 Å². The number of benzene rings is 1. The molecule has 128 valence electrons. The fourth-order valence-corrected chi connectivity index (χ4v) is 2.49. The molecule has 0 aliphatic heterocycles. The highest BCUT2D eigenvalue weighted by Crippen LogP contribution is 2.35. The van der Waals surface area contributed by atoms with Gasteiger partial charge in [0.25, 0.3) is 0 Å². The molecule has 1 aromatic heterocycles. The molecule has 0 atom stereocenters. The lowest BCUT2D eigenvalue weighted by atomic mass is 10.1. The zero-order valence-corrected chi connectivity index (χ0v) is 12.9. The number of hydrogen-bond acceptors (Lipinski definition) is 4. The zero-order chi connectivity index (χ0) is 17.3. The van der Waals surface area contributed by atoms with Gasteiger partial charge in [0.05, 0.1) is 5.56 Å². The molecule has 0 amide bonds. The van der Waals surface area contributed by atoms with Crippen molar-refractivity contribution in [2.75, 3.05) is 17.3 Å². The van der Waals surface area contributed by atoms with Gasteiger partial charge in [0.1, 0.15) is 6.33 Å². The predicted octanol–water partition coefficient (Wildman–Crippen LogP) is 3.85. The van der Waals surface area contributed by atoms with Crippen LogP contribution in [-0.4, -0.2) is 23.1 Å². The number of hydrogen-bond donors (Lipinski definition) is 1. The van der Waals surface area contributed by atoms with Crippen LogP contribution in [0.15, 0.2) is 30.6 Å². The van der Waals surface area contributed by atoms with Crippen molar-refractivity contribution in [2.24, 2.45) is 0 Å². The van der Waals surface area contributed by atoms with Crippen LogP contribution in [0.4, 0.5) is 29.2 Å². The Bertz CT molecular complexity index is 711. The van der Waals surface area contributed by atoms with E-state index in [4.69, 9.17) is 0 Å². The van der Waals surface area contributed by atoms with E-state index < -0.39 is 17.6 Å². The van der Waals surface area contributed by atoms with Crippen LogP contribution in [0.1, 0.15) is 24.0 Å². The fraction of sp³-hybridized carbons (Fsp3) is 0.375. The molecule has 1 aromatic carbocycles. The lowest BCUT2D eigenvalue weighted by Gasteiger charge is -2.24. The van der Waals surface area contributed by atoms with Gasteiger partial charge in [-0.1, -0.05) is 12.1 Å². The van der Waals surface area contributed by atoms with Crippen molar-refractivity contribution in [3.63, 3.8) is 0 Å². The van der Waals surface area contributed by atoms with Crippen LogP contribution < -0.4 is 10.2 Å². The first kappa shape index (κ1) is 16.5. The van der Waals surface area contributed by atoms with Crippen LogP contribution >= 0.6 is 0 Å². The van der Waals surface area contributed by atoms with Crippen LogP contribution in [0.5, 0.6) is 0 Å². The molecule has 2 aromatic rings. The third-order valence-electron chi connectivity index (χ3n) is 3.90. The lowest BCUT2D eigenvalue weighted by Crippen LogP contribution is -2.27. The molecule has 0 bridgehead atoms. The Balaban J connectivity index is 1.85. The molecule has 1 fully saturated rings. The predicted molar refractivity (Wildman–Crippen MR) is 82.2 cm³/mol.